The van der Waals surface area contributed by atoms with Crippen LogP contribution in [0.5, 0.6) is 5.75 Å². The highest BCUT2D eigenvalue weighted by Crippen LogP contribution is 2.22. The topological polar surface area (TPSA) is 46.5 Å². The molecule has 1 N–H and O–H groups in total. The molecule has 0 fully saturated rings. The zero-order valence-electron chi connectivity index (χ0n) is 12.3. The van der Waals surface area contributed by atoms with Gasteiger partial charge >= 0.3 is 5.97 Å². The minimum absolute atomic E-state index is 0.332. The Balaban J connectivity index is 1.80. The van der Waals surface area contributed by atoms with Crippen molar-refractivity contribution in [3.8, 4) is 5.75 Å². The van der Waals surface area contributed by atoms with Crippen LogP contribution in [0.2, 0.25) is 0 Å². The lowest BCUT2D eigenvalue weighted by Gasteiger charge is -2.16. The molecule has 0 spiro atoms. The number of aliphatic carboxylic acids is 1. The Labute approximate surface area is 148 Å². The van der Waals surface area contributed by atoms with Crippen molar-refractivity contribution in [2.24, 2.45) is 0 Å². The van der Waals surface area contributed by atoms with E-state index in [2.05, 4.69) is 22.6 Å². The first kappa shape index (κ1) is 15.8. The molecule has 0 saturated heterocycles. The van der Waals surface area contributed by atoms with E-state index < -0.39 is 12.1 Å². The summed E-state index contributed by atoms with van der Waals surface area (Å²) in [7, 11) is 0. The van der Waals surface area contributed by atoms with Crippen LogP contribution in [-0.4, -0.2) is 17.2 Å². The summed E-state index contributed by atoms with van der Waals surface area (Å²) in [6.07, 6.45) is -0.574. The molecule has 0 aliphatic heterocycles. The Morgan fingerprint density at radius 2 is 1.70 bits per heavy atom. The van der Waals surface area contributed by atoms with Crippen molar-refractivity contribution in [1.29, 1.82) is 0 Å². The molecule has 0 heterocycles. The average molecular weight is 418 g/mol. The van der Waals surface area contributed by atoms with Crippen molar-refractivity contribution in [2.75, 3.05) is 0 Å². The van der Waals surface area contributed by atoms with Gasteiger partial charge in [-0.1, -0.05) is 42.5 Å². The Kier molecular flexibility index (Phi) is 4.81. The van der Waals surface area contributed by atoms with Crippen LogP contribution in [-0.2, 0) is 11.2 Å². The van der Waals surface area contributed by atoms with Gasteiger partial charge in [-0.15, -0.1) is 0 Å². The minimum atomic E-state index is -0.961. The van der Waals surface area contributed by atoms with Gasteiger partial charge in [0.15, 0.2) is 6.10 Å². The summed E-state index contributed by atoms with van der Waals surface area (Å²) in [6, 6.07) is 21.3. The van der Waals surface area contributed by atoms with E-state index in [9.17, 15) is 9.90 Å². The molecule has 0 saturated carbocycles. The standard InChI is InChI=1S/C19H15IO3/c20-16-8-5-13(6-9-16)11-18(19(21)22)23-17-10-7-14-3-1-2-4-15(14)12-17/h1-10,12,18H,11H2,(H,21,22)/t18-/m0/s1. The lowest BCUT2D eigenvalue weighted by Crippen LogP contribution is -2.29. The monoisotopic (exact) mass is 418 g/mol. The molecule has 0 unspecified atom stereocenters. The number of hydrogen-bond donors (Lipinski definition) is 1. The molecule has 0 aliphatic carbocycles. The molecule has 1 atom stereocenters. The second-order valence-electron chi connectivity index (χ2n) is 5.28. The SMILES string of the molecule is O=C(O)[C@H](Cc1ccc(I)cc1)Oc1ccc2ccccc2c1. The van der Waals surface area contributed by atoms with Gasteiger partial charge in [-0.25, -0.2) is 4.79 Å². The van der Waals surface area contributed by atoms with Crippen molar-refractivity contribution >= 4 is 39.3 Å². The van der Waals surface area contributed by atoms with Gasteiger partial charge in [0.2, 0.25) is 0 Å². The van der Waals surface area contributed by atoms with E-state index in [4.69, 9.17) is 4.74 Å². The third-order valence-electron chi connectivity index (χ3n) is 3.61. The summed E-state index contributed by atoms with van der Waals surface area (Å²) in [5.74, 6) is -0.390. The van der Waals surface area contributed by atoms with E-state index in [1.54, 1.807) is 0 Å². The fourth-order valence-electron chi connectivity index (χ4n) is 2.42. The number of rotatable bonds is 5. The maximum Gasteiger partial charge on any atom is 0.345 e. The van der Waals surface area contributed by atoms with Crippen LogP contribution in [0.1, 0.15) is 5.56 Å². The van der Waals surface area contributed by atoms with Crippen LogP contribution in [0.4, 0.5) is 0 Å². The first-order valence-electron chi connectivity index (χ1n) is 7.24. The number of carbonyl (C=O) groups is 1. The summed E-state index contributed by atoms with van der Waals surface area (Å²) in [4.78, 5) is 11.5. The van der Waals surface area contributed by atoms with Crippen molar-refractivity contribution in [3.05, 3.63) is 75.9 Å². The fraction of sp³-hybridized carbons (Fsp3) is 0.105. The average Bonchev–Trinajstić information content (AvgIpc) is 2.56. The van der Waals surface area contributed by atoms with E-state index in [-0.39, 0.29) is 0 Å². The van der Waals surface area contributed by atoms with Gasteiger partial charge in [0, 0.05) is 9.99 Å². The van der Waals surface area contributed by atoms with Crippen LogP contribution < -0.4 is 4.74 Å². The highest BCUT2D eigenvalue weighted by molar-refractivity contribution is 14.1. The van der Waals surface area contributed by atoms with E-state index in [0.29, 0.717) is 12.2 Å². The summed E-state index contributed by atoms with van der Waals surface area (Å²) in [6.45, 7) is 0. The van der Waals surface area contributed by atoms with Gasteiger partial charge in [-0.3, -0.25) is 0 Å². The molecule has 4 heteroatoms. The Hall–Kier alpha value is -2.08. The highest BCUT2D eigenvalue weighted by atomic mass is 127. The number of carboxylic acid groups (broad SMARTS) is 1. The van der Waals surface area contributed by atoms with Gasteiger partial charge in [0.25, 0.3) is 0 Å². The molecule has 3 nitrogen and oxygen atoms in total. The van der Waals surface area contributed by atoms with E-state index >= 15 is 0 Å². The molecule has 3 rings (SSSR count). The van der Waals surface area contributed by atoms with Gasteiger partial charge in [0.05, 0.1) is 0 Å². The summed E-state index contributed by atoms with van der Waals surface area (Å²) >= 11 is 2.22. The predicted octanol–water partition coefficient (Wildman–Crippen LogP) is 4.52. The molecule has 23 heavy (non-hydrogen) atoms. The number of fused-ring (bicyclic) bond motifs is 1. The van der Waals surface area contributed by atoms with Crippen molar-refractivity contribution in [1.82, 2.24) is 0 Å². The third-order valence-corrected chi connectivity index (χ3v) is 4.33. The van der Waals surface area contributed by atoms with Gasteiger partial charge < -0.3 is 9.84 Å². The molecule has 0 amide bonds. The predicted molar refractivity (Wildman–Crippen MR) is 98.9 cm³/mol. The summed E-state index contributed by atoms with van der Waals surface area (Å²) in [5, 5.41) is 11.6. The first-order chi connectivity index (χ1) is 11.1. The summed E-state index contributed by atoms with van der Waals surface area (Å²) in [5.41, 5.74) is 0.943. The van der Waals surface area contributed by atoms with Crippen molar-refractivity contribution in [2.45, 2.75) is 12.5 Å². The van der Waals surface area contributed by atoms with Gasteiger partial charge in [-0.2, -0.15) is 0 Å². The van der Waals surface area contributed by atoms with E-state index in [1.165, 1.54) is 0 Å². The Bertz CT molecular complexity index is 827. The van der Waals surface area contributed by atoms with Crippen molar-refractivity contribution < 1.29 is 14.6 Å². The minimum Gasteiger partial charge on any atom is -0.478 e. The molecular formula is C19H15IO3. The van der Waals surface area contributed by atoms with Gasteiger partial charge in [0.1, 0.15) is 5.75 Å². The molecule has 3 aromatic rings. The second kappa shape index (κ2) is 7.00. The highest BCUT2D eigenvalue weighted by Gasteiger charge is 2.20. The van der Waals surface area contributed by atoms with Crippen molar-refractivity contribution in [3.63, 3.8) is 0 Å². The molecule has 0 aromatic heterocycles. The number of ether oxygens (including phenoxy) is 1. The normalized spacial score (nSPS) is 12.0. The molecular weight excluding hydrogens is 403 g/mol. The van der Waals surface area contributed by atoms with Crippen LogP contribution in [0.25, 0.3) is 10.8 Å². The lowest BCUT2D eigenvalue weighted by molar-refractivity contribution is -0.145. The van der Waals surface area contributed by atoms with E-state index in [0.717, 1.165) is 19.9 Å². The van der Waals surface area contributed by atoms with Crippen LogP contribution in [0.15, 0.2) is 66.7 Å². The lowest BCUT2D eigenvalue weighted by atomic mass is 10.1. The van der Waals surface area contributed by atoms with Gasteiger partial charge in [-0.05, 0) is 63.2 Å². The zero-order chi connectivity index (χ0) is 16.2. The number of hydrogen-bond acceptors (Lipinski definition) is 2. The summed E-state index contributed by atoms with van der Waals surface area (Å²) < 4.78 is 6.84. The number of carboxylic acids is 1. The van der Waals surface area contributed by atoms with Crippen LogP contribution >= 0.6 is 22.6 Å². The van der Waals surface area contributed by atoms with Crippen LogP contribution in [0.3, 0.4) is 0 Å². The zero-order valence-corrected chi connectivity index (χ0v) is 14.4. The molecule has 0 aliphatic rings. The maximum absolute atomic E-state index is 11.5. The molecule has 0 radical (unpaired) electrons. The smallest absolute Gasteiger partial charge is 0.345 e. The third kappa shape index (κ3) is 4.01. The first-order valence-corrected chi connectivity index (χ1v) is 8.32. The Morgan fingerprint density at radius 1 is 1.00 bits per heavy atom. The Morgan fingerprint density at radius 3 is 2.39 bits per heavy atom. The molecule has 0 bridgehead atoms. The maximum atomic E-state index is 11.5. The molecule has 3 aromatic carbocycles. The molecule has 116 valence electrons. The fourth-order valence-corrected chi connectivity index (χ4v) is 2.78. The number of benzene rings is 3. The second-order valence-corrected chi connectivity index (χ2v) is 6.53. The quantitative estimate of drug-likeness (QED) is 0.620. The largest absolute Gasteiger partial charge is 0.478 e. The van der Waals surface area contributed by atoms with E-state index in [1.807, 2.05) is 66.7 Å². The number of halogens is 1. The van der Waals surface area contributed by atoms with Crippen LogP contribution in [0, 0.1) is 3.57 Å².